The summed E-state index contributed by atoms with van der Waals surface area (Å²) in [6.45, 7) is 4.58. The van der Waals surface area contributed by atoms with Crippen LogP contribution < -0.4 is 25.6 Å². The van der Waals surface area contributed by atoms with E-state index in [1.165, 1.54) is 4.57 Å². The van der Waals surface area contributed by atoms with Crippen molar-refractivity contribution in [2.45, 2.75) is 25.8 Å². The number of nitrogens with zero attached hydrogens (tertiary/aromatic N) is 6. The van der Waals surface area contributed by atoms with E-state index in [0.717, 1.165) is 28.8 Å². The topological polar surface area (TPSA) is 94.7 Å². The van der Waals surface area contributed by atoms with Gasteiger partial charge in [0, 0.05) is 44.2 Å². The number of hydrogen-bond donors (Lipinski definition) is 0. The molecule has 0 N–H and O–H groups in total. The zero-order chi connectivity index (χ0) is 27.0. The maximum atomic E-state index is 13.4. The number of hydrogen-bond acceptors (Lipinski definition) is 8. The molecule has 0 unspecified atom stereocenters. The first kappa shape index (κ1) is 25.7. The molecule has 0 bridgehead atoms. The summed E-state index contributed by atoms with van der Waals surface area (Å²) in [5.74, 6) is 2.08. The molecule has 0 aliphatic carbocycles. The van der Waals surface area contributed by atoms with Crippen LogP contribution in [-0.2, 0) is 7.05 Å². The Bertz CT molecular complexity index is 1600. The van der Waals surface area contributed by atoms with Crippen molar-refractivity contribution >= 4 is 27.6 Å². The Morgan fingerprint density at radius 2 is 1.79 bits per heavy atom. The maximum Gasteiger partial charge on any atom is 0.331 e. The lowest BCUT2D eigenvalue weighted by Crippen LogP contribution is -2.45. The summed E-state index contributed by atoms with van der Waals surface area (Å²) >= 11 is 0. The van der Waals surface area contributed by atoms with Gasteiger partial charge in [-0.15, -0.1) is 0 Å². The van der Waals surface area contributed by atoms with Gasteiger partial charge < -0.3 is 19.3 Å². The summed E-state index contributed by atoms with van der Waals surface area (Å²) in [7, 11) is 7.35. The average Bonchev–Trinajstić information content (AvgIpc) is 2.91. The van der Waals surface area contributed by atoms with Crippen LogP contribution >= 0.6 is 0 Å². The van der Waals surface area contributed by atoms with Crippen molar-refractivity contribution in [3.05, 3.63) is 63.1 Å². The lowest BCUT2D eigenvalue weighted by atomic mass is 10.0. The predicted octanol–water partition coefficient (Wildman–Crippen LogP) is 2.74. The summed E-state index contributed by atoms with van der Waals surface area (Å²) in [6.07, 6.45) is 2.87. The van der Waals surface area contributed by atoms with E-state index in [2.05, 4.69) is 19.8 Å². The van der Waals surface area contributed by atoms with E-state index in [0.29, 0.717) is 54.9 Å². The van der Waals surface area contributed by atoms with Gasteiger partial charge in [-0.05, 0) is 52.1 Å². The second kappa shape index (κ2) is 10.4. The Morgan fingerprint density at radius 1 is 1.03 bits per heavy atom. The molecule has 38 heavy (non-hydrogen) atoms. The third-order valence-corrected chi connectivity index (χ3v) is 7.28. The average molecular weight is 519 g/mol. The zero-order valence-corrected chi connectivity index (χ0v) is 22.6. The highest BCUT2D eigenvalue weighted by atomic mass is 16.5. The molecule has 5 rings (SSSR count). The van der Waals surface area contributed by atoms with Crippen molar-refractivity contribution in [3.63, 3.8) is 0 Å². The quantitative estimate of drug-likeness (QED) is 0.369. The second-order valence-electron chi connectivity index (χ2n) is 10.1. The van der Waals surface area contributed by atoms with Crippen molar-refractivity contribution < 1.29 is 9.47 Å². The molecule has 0 radical (unpaired) electrons. The lowest BCUT2D eigenvalue weighted by molar-refractivity contribution is 0.251. The Labute approximate surface area is 221 Å². The first-order chi connectivity index (χ1) is 18.3. The zero-order valence-electron chi connectivity index (χ0n) is 22.6. The summed E-state index contributed by atoms with van der Waals surface area (Å²) in [5, 5.41) is 1.45. The van der Waals surface area contributed by atoms with Crippen LogP contribution in [-0.4, -0.2) is 71.4 Å². The molecule has 0 atom stereocenters. The molecular formula is C28H34N6O4. The molecule has 1 saturated heterocycles. The molecule has 1 aliphatic rings. The van der Waals surface area contributed by atoms with Gasteiger partial charge in [-0.2, -0.15) is 0 Å². The molecule has 0 saturated carbocycles. The Morgan fingerprint density at radius 3 is 2.50 bits per heavy atom. The Kier molecular flexibility index (Phi) is 7.07. The van der Waals surface area contributed by atoms with E-state index in [1.54, 1.807) is 25.1 Å². The molecular weight excluding hydrogens is 484 g/mol. The van der Waals surface area contributed by atoms with Crippen molar-refractivity contribution in [1.82, 2.24) is 24.0 Å². The SMILES string of the molecule is COc1cc2c(N3CCC(n4c(=O)c5cc(C)ccc5n(C)c4=O)CC3)ncnc2cc1OCCN(C)C. The number of aryl methyl sites for hydroxylation is 2. The summed E-state index contributed by atoms with van der Waals surface area (Å²) in [4.78, 5) is 39.9. The Hall–Kier alpha value is -3.92. The third-order valence-electron chi connectivity index (χ3n) is 7.28. The van der Waals surface area contributed by atoms with E-state index in [-0.39, 0.29) is 17.3 Å². The fourth-order valence-electron chi connectivity index (χ4n) is 5.17. The van der Waals surface area contributed by atoms with Gasteiger partial charge in [0.15, 0.2) is 11.5 Å². The third kappa shape index (κ3) is 4.71. The number of methoxy groups -OCH3 is 1. The standard InChI is InChI=1S/C28H34N6O4/c1-18-6-7-23-21(14-18)27(35)34(28(36)32(23)4)19-8-10-33(11-9-19)26-20-15-24(37-5)25(38-13-12-31(2)3)16-22(20)29-17-30-26/h6-7,14-17,19H,8-13H2,1-5H3. The predicted molar refractivity (Wildman–Crippen MR) is 149 cm³/mol. The normalized spacial score (nSPS) is 14.5. The second-order valence-corrected chi connectivity index (χ2v) is 10.1. The first-order valence-corrected chi connectivity index (χ1v) is 12.9. The van der Waals surface area contributed by atoms with Gasteiger partial charge in [-0.25, -0.2) is 14.8 Å². The molecule has 1 aliphatic heterocycles. The molecule has 0 amide bonds. The van der Waals surface area contributed by atoms with E-state index >= 15 is 0 Å². The van der Waals surface area contributed by atoms with Crippen LogP contribution in [0.15, 0.2) is 46.2 Å². The summed E-state index contributed by atoms with van der Waals surface area (Å²) < 4.78 is 14.6. The van der Waals surface area contributed by atoms with Crippen LogP contribution in [0.3, 0.4) is 0 Å². The van der Waals surface area contributed by atoms with Crippen LogP contribution in [0.4, 0.5) is 5.82 Å². The molecule has 0 spiro atoms. The van der Waals surface area contributed by atoms with Crippen molar-refractivity contribution in [1.29, 1.82) is 0 Å². The monoisotopic (exact) mass is 518 g/mol. The van der Waals surface area contributed by atoms with Crippen molar-refractivity contribution in [3.8, 4) is 11.5 Å². The minimum absolute atomic E-state index is 0.179. The number of anilines is 1. The number of piperidine rings is 1. The fraction of sp³-hybridized carbons (Fsp3) is 0.429. The van der Waals surface area contributed by atoms with Crippen molar-refractivity contribution in [2.75, 3.05) is 52.3 Å². The maximum absolute atomic E-state index is 13.4. The molecule has 10 nitrogen and oxygen atoms in total. The van der Waals surface area contributed by atoms with E-state index in [4.69, 9.17) is 9.47 Å². The van der Waals surface area contributed by atoms with Gasteiger partial charge in [-0.1, -0.05) is 11.6 Å². The minimum atomic E-state index is -0.274. The molecule has 4 aromatic rings. The van der Waals surface area contributed by atoms with Gasteiger partial charge in [0.2, 0.25) is 0 Å². The lowest BCUT2D eigenvalue weighted by Gasteiger charge is -2.34. The minimum Gasteiger partial charge on any atom is -0.493 e. The molecule has 1 fully saturated rings. The summed E-state index contributed by atoms with van der Waals surface area (Å²) in [5.41, 5.74) is 1.93. The summed E-state index contributed by atoms with van der Waals surface area (Å²) in [6, 6.07) is 9.26. The van der Waals surface area contributed by atoms with E-state index in [9.17, 15) is 9.59 Å². The number of likely N-dealkylation sites (N-methyl/N-ethyl adjacent to an activating group) is 1. The number of rotatable bonds is 7. The van der Waals surface area contributed by atoms with Crippen LogP contribution in [0, 0.1) is 6.92 Å². The number of fused-ring (bicyclic) bond motifs is 2. The van der Waals surface area contributed by atoms with Crippen LogP contribution in [0.2, 0.25) is 0 Å². The fourth-order valence-corrected chi connectivity index (χ4v) is 5.17. The van der Waals surface area contributed by atoms with Gasteiger partial charge in [0.1, 0.15) is 18.8 Å². The van der Waals surface area contributed by atoms with Gasteiger partial charge in [-0.3, -0.25) is 13.9 Å². The van der Waals surface area contributed by atoms with E-state index < -0.39 is 0 Å². The Balaban J connectivity index is 1.42. The molecule has 200 valence electrons. The highest BCUT2D eigenvalue weighted by Crippen LogP contribution is 2.36. The number of benzene rings is 2. The van der Waals surface area contributed by atoms with Gasteiger partial charge in [0.25, 0.3) is 5.56 Å². The molecule has 2 aromatic carbocycles. The van der Waals surface area contributed by atoms with Crippen molar-refractivity contribution in [2.24, 2.45) is 7.05 Å². The molecule has 2 aromatic heterocycles. The van der Waals surface area contributed by atoms with Gasteiger partial charge >= 0.3 is 5.69 Å². The largest absolute Gasteiger partial charge is 0.493 e. The molecule has 10 heteroatoms. The number of ether oxygens (including phenoxy) is 2. The molecule has 3 heterocycles. The van der Waals surface area contributed by atoms with Crippen LogP contribution in [0.5, 0.6) is 11.5 Å². The smallest absolute Gasteiger partial charge is 0.331 e. The van der Waals surface area contributed by atoms with E-state index in [1.807, 2.05) is 51.4 Å². The highest BCUT2D eigenvalue weighted by Gasteiger charge is 2.26. The first-order valence-electron chi connectivity index (χ1n) is 12.9. The van der Waals surface area contributed by atoms with Gasteiger partial charge in [0.05, 0.1) is 23.5 Å². The van der Waals surface area contributed by atoms with Crippen LogP contribution in [0.25, 0.3) is 21.8 Å². The highest BCUT2D eigenvalue weighted by molar-refractivity contribution is 5.92. The number of aromatic nitrogens is 4. The van der Waals surface area contributed by atoms with Crippen LogP contribution in [0.1, 0.15) is 24.4 Å².